The van der Waals surface area contributed by atoms with E-state index in [-0.39, 0.29) is 11.9 Å². The SMILES string of the molecule is CCCOCC(C)NC(C)=O. The molecule has 1 N–H and O–H groups in total. The molecule has 0 spiro atoms. The highest BCUT2D eigenvalue weighted by Crippen LogP contribution is 1.86. The molecule has 0 fully saturated rings. The van der Waals surface area contributed by atoms with Crippen LogP contribution in [0.15, 0.2) is 0 Å². The van der Waals surface area contributed by atoms with Gasteiger partial charge in [0.15, 0.2) is 0 Å². The predicted molar refractivity (Wildman–Crippen MR) is 44.4 cm³/mol. The van der Waals surface area contributed by atoms with E-state index in [9.17, 15) is 4.79 Å². The Balaban J connectivity index is 3.22. The minimum absolute atomic E-state index is 0.00222. The lowest BCUT2D eigenvalue weighted by Gasteiger charge is -2.11. The molecule has 0 aromatic heterocycles. The molecule has 0 saturated heterocycles. The maximum atomic E-state index is 10.5. The third-order valence-corrected chi connectivity index (χ3v) is 1.17. The summed E-state index contributed by atoms with van der Waals surface area (Å²) in [7, 11) is 0. The number of carbonyl (C=O) groups excluding carboxylic acids is 1. The van der Waals surface area contributed by atoms with E-state index in [1.165, 1.54) is 6.92 Å². The zero-order valence-corrected chi connectivity index (χ0v) is 7.52. The standard InChI is InChI=1S/C8H17NO2/c1-4-5-11-6-7(2)9-8(3)10/h7H,4-6H2,1-3H3,(H,9,10). The lowest BCUT2D eigenvalue weighted by Crippen LogP contribution is -2.34. The van der Waals surface area contributed by atoms with Crippen LogP contribution < -0.4 is 5.32 Å². The number of amides is 1. The fourth-order valence-corrected chi connectivity index (χ4v) is 0.793. The Bertz CT molecular complexity index is 115. The van der Waals surface area contributed by atoms with Crippen LogP contribution in [0.25, 0.3) is 0 Å². The number of rotatable bonds is 5. The maximum absolute atomic E-state index is 10.5. The maximum Gasteiger partial charge on any atom is 0.217 e. The van der Waals surface area contributed by atoms with Gasteiger partial charge in [-0.25, -0.2) is 0 Å². The second-order valence-corrected chi connectivity index (χ2v) is 2.68. The summed E-state index contributed by atoms with van der Waals surface area (Å²) in [5, 5.41) is 2.74. The summed E-state index contributed by atoms with van der Waals surface area (Å²) >= 11 is 0. The summed E-state index contributed by atoms with van der Waals surface area (Å²) in [6, 6.07) is 0.124. The third-order valence-electron chi connectivity index (χ3n) is 1.17. The number of ether oxygens (including phenoxy) is 1. The van der Waals surface area contributed by atoms with Gasteiger partial charge in [0.1, 0.15) is 0 Å². The molecule has 0 aromatic carbocycles. The van der Waals surface area contributed by atoms with Gasteiger partial charge < -0.3 is 10.1 Å². The fraction of sp³-hybridized carbons (Fsp3) is 0.875. The van der Waals surface area contributed by atoms with Crippen molar-refractivity contribution < 1.29 is 9.53 Å². The van der Waals surface area contributed by atoms with Crippen LogP contribution in [0.2, 0.25) is 0 Å². The van der Waals surface area contributed by atoms with Crippen LogP contribution in [0, 0.1) is 0 Å². The van der Waals surface area contributed by atoms with Gasteiger partial charge in [0.05, 0.1) is 6.61 Å². The van der Waals surface area contributed by atoms with E-state index in [2.05, 4.69) is 12.2 Å². The number of hydrogen-bond donors (Lipinski definition) is 1. The van der Waals surface area contributed by atoms with Crippen molar-refractivity contribution in [3.63, 3.8) is 0 Å². The van der Waals surface area contributed by atoms with Crippen LogP contribution in [-0.4, -0.2) is 25.2 Å². The number of hydrogen-bond acceptors (Lipinski definition) is 2. The molecular weight excluding hydrogens is 142 g/mol. The number of nitrogens with one attached hydrogen (secondary N) is 1. The van der Waals surface area contributed by atoms with E-state index in [1.807, 2.05) is 6.92 Å². The molecule has 0 aromatic rings. The Kier molecular flexibility index (Phi) is 5.84. The highest BCUT2D eigenvalue weighted by molar-refractivity contribution is 5.73. The normalized spacial score (nSPS) is 12.6. The molecule has 66 valence electrons. The zero-order valence-electron chi connectivity index (χ0n) is 7.52. The summed E-state index contributed by atoms with van der Waals surface area (Å²) in [6.45, 7) is 6.87. The highest BCUT2D eigenvalue weighted by atomic mass is 16.5. The fourth-order valence-electron chi connectivity index (χ4n) is 0.793. The Morgan fingerprint density at radius 1 is 1.64 bits per heavy atom. The predicted octanol–water partition coefficient (Wildman–Crippen LogP) is 0.938. The first-order valence-corrected chi connectivity index (χ1v) is 4.01. The molecule has 0 radical (unpaired) electrons. The van der Waals surface area contributed by atoms with Crippen molar-refractivity contribution in [3.05, 3.63) is 0 Å². The first-order chi connectivity index (χ1) is 5.16. The highest BCUT2D eigenvalue weighted by Gasteiger charge is 2.01. The molecule has 0 aliphatic rings. The van der Waals surface area contributed by atoms with Crippen LogP contribution in [0.1, 0.15) is 27.2 Å². The van der Waals surface area contributed by atoms with Crippen molar-refractivity contribution in [3.8, 4) is 0 Å². The third kappa shape index (κ3) is 7.33. The van der Waals surface area contributed by atoms with Gasteiger partial charge >= 0.3 is 0 Å². The summed E-state index contributed by atoms with van der Waals surface area (Å²) in [4.78, 5) is 10.5. The van der Waals surface area contributed by atoms with Gasteiger partial charge in [-0.15, -0.1) is 0 Å². The average molecular weight is 159 g/mol. The Morgan fingerprint density at radius 2 is 2.27 bits per heavy atom. The molecule has 0 aliphatic carbocycles. The first kappa shape index (κ1) is 10.4. The summed E-state index contributed by atoms with van der Waals surface area (Å²) in [5.74, 6) is -0.00222. The number of carbonyl (C=O) groups is 1. The van der Waals surface area contributed by atoms with E-state index in [0.717, 1.165) is 13.0 Å². The molecule has 3 nitrogen and oxygen atoms in total. The second-order valence-electron chi connectivity index (χ2n) is 2.68. The van der Waals surface area contributed by atoms with Crippen molar-refractivity contribution >= 4 is 5.91 Å². The minimum Gasteiger partial charge on any atom is -0.379 e. The van der Waals surface area contributed by atoms with Crippen LogP contribution in [0.5, 0.6) is 0 Å². The first-order valence-electron chi connectivity index (χ1n) is 4.01. The Labute approximate surface area is 68.1 Å². The van der Waals surface area contributed by atoms with Crippen LogP contribution in [0.3, 0.4) is 0 Å². The van der Waals surface area contributed by atoms with Crippen LogP contribution in [-0.2, 0) is 9.53 Å². The summed E-state index contributed by atoms with van der Waals surface area (Å²) < 4.78 is 5.23. The molecular formula is C8H17NO2. The molecule has 11 heavy (non-hydrogen) atoms. The van der Waals surface area contributed by atoms with Gasteiger partial charge in [0, 0.05) is 19.6 Å². The summed E-state index contributed by atoms with van der Waals surface area (Å²) in [6.07, 6.45) is 1.02. The van der Waals surface area contributed by atoms with Crippen LogP contribution in [0.4, 0.5) is 0 Å². The zero-order chi connectivity index (χ0) is 8.69. The van der Waals surface area contributed by atoms with E-state index >= 15 is 0 Å². The minimum atomic E-state index is -0.00222. The van der Waals surface area contributed by atoms with Crippen molar-refractivity contribution in [1.82, 2.24) is 5.32 Å². The van der Waals surface area contributed by atoms with E-state index in [4.69, 9.17) is 4.74 Å². The van der Waals surface area contributed by atoms with Crippen molar-refractivity contribution in [2.45, 2.75) is 33.2 Å². The molecule has 1 atom stereocenters. The lowest BCUT2D eigenvalue weighted by molar-refractivity contribution is -0.119. The Hall–Kier alpha value is -0.570. The monoisotopic (exact) mass is 159 g/mol. The van der Waals surface area contributed by atoms with Crippen molar-refractivity contribution in [1.29, 1.82) is 0 Å². The van der Waals surface area contributed by atoms with Gasteiger partial charge in [-0.2, -0.15) is 0 Å². The molecule has 0 rings (SSSR count). The van der Waals surface area contributed by atoms with Crippen molar-refractivity contribution in [2.24, 2.45) is 0 Å². The molecule has 0 aliphatic heterocycles. The molecule has 1 amide bonds. The van der Waals surface area contributed by atoms with E-state index in [0.29, 0.717) is 6.61 Å². The molecule has 3 heteroatoms. The Morgan fingerprint density at radius 3 is 2.73 bits per heavy atom. The molecule has 0 heterocycles. The van der Waals surface area contributed by atoms with E-state index in [1.54, 1.807) is 0 Å². The lowest BCUT2D eigenvalue weighted by atomic mass is 10.3. The van der Waals surface area contributed by atoms with Gasteiger partial charge in [0.2, 0.25) is 5.91 Å². The van der Waals surface area contributed by atoms with Gasteiger partial charge in [-0.3, -0.25) is 4.79 Å². The average Bonchev–Trinajstić information content (AvgIpc) is 1.86. The second kappa shape index (κ2) is 6.16. The summed E-state index contributed by atoms with van der Waals surface area (Å²) in [5.41, 5.74) is 0. The molecule has 1 unspecified atom stereocenters. The van der Waals surface area contributed by atoms with Gasteiger partial charge in [-0.1, -0.05) is 6.92 Å². The van der Waals surface area contributed by atoms with Crippen LogP contribution >= 0.6 is 0 Å². The largest absolute Gasteiger partial charge is 0.379 e. The van der Waals surface area contributed by atoms with E-state index < -0.39 is 0 Å². The van der Waals surface area contributed by atoms with Gasteiger partial charge in [-0.05, 0) is 13.3 Å². The smallest absolute Gasteiger partial charge is 0.217 e. The van der Waals surface area contributed by atoms with Crippen molar-refractivity contribution in [2.75, 3.05) is 13.2 Å². The van der Waals surface area contributed by atoms with Gasteiger partial charge in [0.25, 0.3) is 0 Å². The molecule has 0 bridgehead atoms. The molecule has 0 saturated carbocycles. The quantitative estimate of drug-likeness (QED) is 0.606. The topological polar surface area (TPSA) is 38.3 Å².